The van der Waals surface area contributed by atoms with E-state index < -0.39 is 23.7 Å². The molecule has 0 fully saturated rings. The summed E-state index contributed by atoms with van der Waals surface area (Å²) in [4.78, 5) is 41.6. The molecule has 0 saturated heterocycles. The normalized spacial score (nSPS) is 11.7. The van der Waals surface area contributed by atoms with E-state index in [4.69, 9.17) is 5.73 Å². The fourth-order valence-electron chi connectivity index (χ4n) is 3.27. The van der Waals surface area contributed by atoms with Crippen molar-refractivity contribution >= 4 is 17.1 Å². The molecular weight excluding hydrogens is 362 g/mol. The number of nitrogens with two attached hydrogens (primary N) is 1. The van der Waals surface area contributed by atoms with Gasteiger partial charge < -0.3 is 10.3 Å². The summed E-state index contributed by atoms with van der Waals surface area (Å²) >= 11 is 0. The van der Waals surface area contributed by atoms with E-state index in [9.17, 15) is 14.4 Å². The molecule has 10 nitrogen and oxygen atoms in total. The third-order valence-electron chi connectivity index (χ3n) is 4.92. The molecule has 0 aliphatic carbocycles. The SMILES string of the molecule is Cc1nn(-c2nc3c(c(=O)n(CC(N)=O)c(=O)n3C)n2CC(C)C)c(C)c1C. The van der Waals surface area contributed by atoms with E-state index in [-0.39, 0.29) is 17.1 Å². The van der Waals surface area contributed by atoms with Gasteiger partial charge in [0.2, 0.25) is 11.9 Å². The van der Waals surface area contributed by atoms with E-state index in [1.54, 1.807) is 9.25 Å². The fourth-order valence-corrected chi connectivity index (χ4v) is 3.27. The second-order valence-electron chi connectivity index (χ2n) is 7.50. The van der Waals surface area contributed by atoms with E-state index in [2.05, 4.69) is 10.1 Å². The smallest absolute Gasteiger partial charge is 0.332 e. The number of primary amides is 1. The van der Waals surface area contributed by atoms with Crippen molar-refractivity contribution in [3.63, 3.8) is 0 Å². The summed E-state index contributed by atoms with van der Waals surface area (Å²) in [6.07, 6.45) is 0. The van der Waals surface area contributed by atoms with Crippen LogP contribution in [0.4, 0.5) is 0 Å². The van der Waals surface area contributed by atoms with Gasteiger partial charge in [-0.25, -0.2) is 14.0 Å². The Kier molecular flexibility index (Phi) is 4.74. The molecule has 28 heavy (non-hydrogen) atoms. The number of carbonyl (C=O) groups excluding carboxylic acids is 1. The Bertz CT molecular complexity index is 1210. The highest BCUT2D eigenvalue weighted by atomic mass is 16.2. The second kappa shape index (κ2) is 6.77. The molecule has 3 rings (SSSR count). The highest BCUT2D eigenvalue weighted by Crippen LogP contribution is 2.21. The number of rotatable bonds is 5. The van der Waals surface area contributed by atoms with E-state index in [0.717, 1.165) is 21.5 Å². The number of hydrogen-bond donors (Lipinski definition) is 1. The minimum Gasteiger partial charge on any atom is -0.368 e. The Morgan fingerprint density at radius 2 is 1.79 bits per heavy atom. The zero-order valence-electron chi connectivity index (χ0n) is 17.0. The lowest BCUT2D eigenvalue weighted by Gasteiger charge is -2.13. The Balaban J connectivity index is 2.47. The van der Waals surface area contributed by atoms with E-state index in [1.165, 1.54) is 11.6 Å². The molecule has 150 valence electrons. The highest BCUT2D eigenvalue weighted by Gasteiger charge is 2.24. The molecule has 0 unspecified atom stereocenters. The molecule has 3 aromatic rings. The summed E-state index contributed by atoms with van der Waals surface area (Å²) in [6.45, 7) is 9.86. The van der Waals surface area contributed by atoms with E-state index >= 15 is 0 Å². The standard InChI is InChI=1S/C18H25N7O3/c1-9(2)7-23-14-15(20-17(23)25-12(5)10(3)11(4)21-25)22(6)18(28)24(16(14)27)8-13(19)26/h9H,7-8H2,1-6H3,(H2,19,26). The molecule has 0 spiro atoms. The minimum absolute atomic E-state index is 0.204. The van der Waals surface area contributed by atoms with Crippen LogP contribution in [-0.2, 0) is 24.9 Å². The number of fused-ring (bicyclic) bond motifs is 1. The molecule has 3 heterocycles. The highest BCUT2D eigenvalue weighted by molar-refractivity contribution is 5.75. The van der Waals surface area contributed by atoms with Crippen LogP contribution in [0.1, 0.15) is 30.8 Å². The number of hydrogen-bond acceptors (Lipinski definition) is 5. The molecule has 3 aromatic heterocycles. The summed E-state index contributed by atoms with van der Waals surface area (Å²) < 4.78 is 5.56. The van der Waals surface area contributed by atoms with Crippen LogP contribution in [0.3, 0.4) is 0 Å². The predicted octanol–water partition coefficient (Wildman–Crippen LogP) is 0.149. The number of aryl methyl sites for hydroxylation is 2. The molecule has 0 aliphatic rings. The monoisotopic (exact) mass is 387 g/mol. The average Bonchev–Trinajstić information content (AvgIpc) is 3.09. The number of imidazole rings is 1. The van der Waals surface area contributed by atoms with Crippen molar-refractivity contribution in [1.29, 1.82) is 0 Å². The second-order valence-corrected chi connectivity index (χ2v) is 7.50. The quantitative estimate of drug-likeness (QED) is 0.667. The zero-order valence-corrected chi connectivity index (χ0v) is 17.0. The maximum Gasteiger partial charge on any atom is 0.332 e. The van der Waals surface area contributed by atoms with Gasteiger partial charge >= 0.3 is 5.69 Å². The summed E-state index contributed by atoms with van der Waals surface area (Å²) in [7, 11) is 1.52. The molecule has 0 bridgehead atoms. The number of nitrogens with zero attached hydrogens (tertiary/aromatic N) is 6. The number of carbonyl (C=O) groups is 1. The van der Waals surface area contributed by atoms with Gasteiger partial charge in [0, 0.05) is 19.3 Å². The first-order valence-electron chi connectivity index (χ1n) is 9.06. The van der Waals surface area contributed by atoms with Crippen LogP contribution < -0.4 is 17.0 Å². The largest absolute Gasteiger partial charge is 0.368 e. The van der Waals surface area contributed by atoms with Gasteiger partial charge in [0.15, 0.2) is 11.2 Å². The van der Waals surface area contributed by atoms with E-state index in [0.29, 0.717) is 12.5 Å². The van der Waals surface area contributed by atoms with Gasteiger partial charge in [0.1, 0.15) is 6.54 Å². The van der Waals surface area contributed by atoms with Gasteiger partial charge in [-0.3, -0.25) is 14.2 Å². The number of amides is 1. The topological polar surface area (TPSA) is 123 Å². The van der Waals surface area contributed by atoms with Crippen LogP contribution in [0, 0.1) is 26.7 Å². The lowest BCUT2D eigenvalue weighted by Crippen LogP contribution is -2.42. The van der Waals surface area contributed by atoms with Crippen molar-refractivity contribution in [3.8, 4) is 5.95 Å². The van der Waals surface area contributed by atoms with Gasteiger partial charge in [0.25, 0.3) is 5.56 Å². The van der Waals surface area contributed by atoms with Crippen LogP contribution in [0.25, 0.3) is 17.1 Å². The number of aromatic nitrogens is 6. The molecular formula is C18H25N7O3. The van der Waals surface area contributed by atoms with Crippen molar-refractivity contribution in [2.75, 3.05) is 0 Å². The van der Waals surface area contributed by atoms with Crippen molar-refractivity contribution in [2.45, 2.75) is 47.7 Å². The van der Waals surface area contributed by atoms with Gasteiger partial charge in [-0.1, -0.05) is 13.8 Å². The molecule has 10 heteroatoms. The minimum atomic E-state index is -0.761. The Labute approximate surface area is 161 Å². The van der Waals surface area contributed by atoms with Crippen LogP contribution in [0.5, 0.6) is 0 Å². The maximum absolute atomic E-state index is 13.1. The van der Waals surface area contributed by atoms with Crippen LogP contribution in [-0.4, -0.2) is 34.4 Å². The van der Waals surface area contributed by atoms with Gasteiger partial charge in [-0.15, -0.1) is 0 Å². The predicted molar refractivity (Wildman–Crippen MR) is 105 cm³/mol. The van der Waals surface area contributed by atoms with Crippen LogP contribution in [0.15, 0.2) is 9.59 Å². The summed E-state index contributed by atoms with van der Waals surface area (Å²) in [5.41, 5.74) is 7.29. The van der Waals surface area contributed by atoms with Gasteiger partial charge in [-0.05, 0) is 32.3 Å². The van der Waals surface area contributed by atoms with Crippen molar-refractivity contribution in [2.24, 2.45) is 18.7 Å². The summed E-state index contributed by atoms with van der Waals surface area (Å²) in [5.74, 6) is -0.0976. The lowest BCUT2D eigenvalue weighted by molar-refractivity contribution is -0.118. The molecule has 0 atom stereocenters. The third kappa shape index (κ3) is 2.94. The summed E-state index contributed by atoms with van der Waals surface area (Å²) in [6, 6.07) is 0. The molecule has 0 radical (unpaired) electrons. The van der Waals surface area contributed by atoms with Crippen LogP contribution in [0.2, 0.25) is 0 Å². The van der Waals surface area contributed by atoms with Crippen molar-refractivity contribution in [3.05, 3.63) is 37.8 Å². The fraction of sp³-hybridized carbons (Fsp3) is 0.500. The average molecular weight is 387 g/mol. The van der Waals surface area contributed by atoms with Gasteiger partial charge in [-0.2, -0.15) is 10.1 Å². The van der Waals surface area contributed by atoms with Crippen molar-refractivity contribution in [1.82, 2.24) is 28.5 Å². The van der Waals surface area contributed by atoms with Crippen LogP contribution >= 0.6 is 0 Å². The Hall–Kier alpha value is -3.17. The third-order valence-corrected chi connectivity index (χ3v) is 4.92. The first-order chi connectivity index (χ1) is 13.0. The molecule has 1 amide bonds. The van der Waals surface area contributed by atoms with E-state index in [1.807, 2.05) is 34.6 Å². The van der Waals surface area contributed by atoms with Crippen molar-refractivity contribution < 1.29 is 4.79 Å². The van der Waals surface area contributed by atoms with Gasteiger partial charge in [0.05, 0.1) is 5.69 Å². The zero-order chi connectivity index (χ0) is 20.9. The summed E-state index contributed by atoms with van der Waals surface area (Å²) in [5, 5.41) is 4.56. The maximum atomic E-state index is 13.1. The molecule has 0 saturated carbocycles. The Morgan fingerprint density at radius 3 is 2.29 bits per heavy atom. The first-order valence-corrected chi connectivity index (χ1v) is 9.06. The Morgan fingerprint density at radius 1 is 1.14 bits per heavy atom. The molecule has 0 aromatic carbocycles. The molecule has 2 N–H and O–H groups in total. The first kappa shape index (κ1) is 19.6. The molecule has 0 aliphatic heterocycles. The lowest BCUT2D eigenvalue weighted by atomic mass is 10.2.